The fourth-order valence-electron chi connectivity index (χ4n) is 0. The molecule has 0 unspecified atom stereocenters. The Kier molecular flexibility index (Phi) is 469. The average molecular weight is 274 g/mol. The first-order valence-corrected chi connectivity index (χ1v) is 0.548. The predicted molar refractivity (Wildman–Crippen MR) is 7.89 cm³/mol. The van der Waals surface area contributed by atoms with Crippen LogP contribution in [-0.4, -0.2) is 15.8 Å². The Morgan fingerprint density at radius 1 is 0.455 bits per heavy atom. The van der Waals surface area contributed by atoms with Gasteiger partial charge in [0.25, 0.3) is 0 Å². The normalized spacial score (nSPS) is 1.64. The van der Waals surface area contributed by atoms with Crippen LogP contribution in [0.2, 0.25) is 0 Å². The zero-order valence-corrected chi connectivity index (χ0v) is 19.4. The average Bonchev–Trinajstić information content (AvgIpc) is 1.81. The molecule has 0 saturated heterocycles. The number of halogens is 1. The van der Waals surface area contributed by atoms with Crippen molar-refractivity contribution >= 4 is 0 Å². The van der Waals surface area contributed by atoms with Crippen LogP contribution in [0.3, 0.4) is 0 Å². The largest absolute Gasteiger partial charge is 1.00 e. The van der Waals surface area contributed by atoms with Gasteiger partial charge in [0, 0.05) is 0 Å². The van der Waals surface area contributed by atoms with Gasteiger partial charge in [0.05, 0.1) is 0 Å². The molecule has 0 saturated carbocycles. The minimum Gasteiger partial charge on any atom is -1.00 e. The van der Waals surface area contributed by atoms with Gasteiger partial charge in [-0.15, -0.1) is 0 Å². The molecule has 0 aliphatic heterocycles. The molecule has 0 aromatic heterocycles. The van der Waals surface area contributed by atoms with Crippen LogP contribution in [0, 0.1) is 0 Å². The molecule has 0 bridgehead atoms. The molecule has 0 aromatic carbocycles. The molecule has 0 aliphatic rings. The molecule has 0 fully saturated rings. The second kappa shape index (κ2) is 96.9. The minimum atomic E-state index is 0. The molecule has 0 radical (unpaired) electrons. The first-order valence-electron chi connectivity index (χ1n) is 0.548. The van der Waals surface area contributed by atoms with E-state index in [2.05, 4.69) is 0 Å². The van der Waals surface area contributed by atoms with E-state index in [0.29, 0.717) is 0 Å². The molecule has 0 rings (SSSR count). The Labute approximate surface area is 233 Å². The summed E-state index contributed by atoms with van der Waals surface area (Å²) in [5, 5.41) is 39.0. The number of rotatable bonds is 0. The second-order valence-electron chi connectivity index (χ2n) is 0. The van der Waals surface area contributed by atoms with Crippen LogP contribution in [0.25, 0.3) is 0 Å². The standard InChI is InChI=1S/FH.4K.3H2O2/c;;;;;3*1-2/h1H;;;;;3*1-2H/q;4*+1;;;/p-4. The van der Waals surface area contributed by atoms with Crippen molar-refractivity contribution in [2.24, 2.45) is 0 Å². The summed E-state index contributed by atoms with van der Waals surface area (Å²) in [4.78, 5) is 0. The van der Waals surface area contributed by atoms with Gasteiger partial charge in [-0.25, -0.2) is 0 Å². The Balaban J connectivity index is -0.00000000167. The molecular formula is H3FK4O6. The van der Waals surface area contributed by atoms with Crippen molar-refractivity contribution < 1.29 is 242 Å². The molecule has 0 heterocycles. The van der Waals surface area contributed by atoms with Crippen LogP contribution >= 0.6 is 0 Å². The van der Waals surface area contributed by atoms with E-state index in [1.165, 1.54) is 0 Å². The summed E-state index contributed by atoms with van der Waals surface area (Å²) >= 11 is 0. The SMILES string of the molecule is [F-].[K+].[K+].[K+].[K+].[O-]O.[O-]O.[O-]O. The second-order valence-corrected chi connectivity index (χ2v) is 0. The van der Waals surface area contributed by atoms with Gasteiger partial charge in [-0.1, -0.05) is 0 Å². The number of hydrogen-bond donors (Lipinski definition) is 3. The van der Waals surface area contributed by atoms with Crippen molar-refractivity contribution in [3.63, 3.8) is 0 Å². The van der Waals surface area contributed by atoms with Gasteiger partial charge in [0.15, 0.2) is 0 Å². The van der Waals surface area contributed by atoms with E-state index in [1.54, 1.807) is 0 Å². The molecule has 3 N–H and O–H groups in total. The van der Waals surface area contributed by atoms with Gasteiger partial charge >= 0.3 is 206 Å². The summed E-state index contributed by atoms with van der Waals surface area (Å²) in [6, 6.07) is 0. The molecule has 6 nitrogen and oxygen atoms in total. The van der Waals surface area contributed by atoms with E-state index in [4.69, 9.17) is 31.5 Å². The van der Waals surface area contributed by atoms with E-state index in [-0.39, 0.29) is 210 Å². The molecule has 11 heavy (non-hydrogen) atoms. The zero-order valence-electron chi connectivity index (χ0n) is 6.94. The van der Waals surface area contributed by atoms with Crippen LogP contribution in [0.1, 0.15) is 0 Å². The van der Waals surface area contributed by atoms with E-state index >= 15 is 0 Å². The predicted octanol–water partition coefficient (Wildman–Crippen LogP) is -18.5. The summed E-state index contributed by atoms with van der Waals surface area (Å²) < 4.78 is 0. The van der Waals surface area contributed by atoms with Gasteiger partial charge < -0.3 is 36.2 Å². The van der Waals surface area contributed by atoms with Gasteiger partial charge in [0.1, 0.15) is 0 Å². The van der Waals surface area contributed by atoms with Gasteiger partial charge in [-0.3, -0.25) is 0 Å². The fourth-order valence-corrected chi connectivity index (χ4v) is 0. The third-order valence-corrected chi connectivity index (χ3v) is 0. The van der Waals surface area contributed by atoms with E-state index in [1.807, 2.05) is 0 Å². The molecule has 0 aliphatic carbocycles. The molecule has 11 heteroatoms. The van der Waals surface area contributed by atoms with Crippen molar-refractivity contribution in [2.75, 3.05) is 0 Å². The quantitative estimate of drug-likeness (QED) is 0.228. The van der Waals surface area contributed by atoms with Crippen molar-refractivity contribution in [2.45, 2.75) is 0 Å². The Morgan fingerprint density at radius 2 is 0.455 bits per heavy atom. The van der Waals surface area contributed by atoms with Gasteiger partial charge in [-0.05, 0) is 0 Å². The smallest absolute Gasteiger partial charge is 1.00 e. The van der Waals surface area contributed by atoms with Crippen molar-refractivity contribution in [3.8, 4) is 0 Å². The minimum absolute atomic E-state index is 0. The van der Waals surface area contributed by atoms with Crippen LogP contribution in [0.4, 0.5) is 0 Å². The summed E-state index contributed by atoms with van der Waals surface area (Å²) in [6.07, 6.45) is 0. The Morgan fingerprint density at radius 3 is 0.455 bits per heavy atom. The molecule has 50 valence electrons. The van der Waals surface area contributed by atoms with Crippen LogP contribution < -0.4 is 226 Å². The van der Waals surface area contributed by atoms with Crippen molar-refractivity contribution in [1.82, 2.24) is 0 Å². The summed E-state index contributed by atoms with van der Waals surface area (Å²) in [5.41, 5.74) is 0. The van der Waals surface area contributed by atoms with E-state index in [0.717, 1.165) is 0 Å². The molecule has 0 aromatic rings. The Bertz CT molecular complexity index is 14.5. The molecule has 0 spiro atoms. The number of hydrogen-bond acceptors (Lipinski definition) is 6. The molecular weight excluding hydrogens is 271 g/mol. The van der Waals surface area contributed by atoms with Crippen LogP contribution in [-0.2, 0) is 0 Å². The summed E-state index contributed by atoms with van der Waals surface area (Å²) in [6.45, 7) is 0. The maximum absolute atomic E-state index is 7.25. The topological polar surface area (TPSA) is 130 Å². The van der Waals surface area contributed by atoms with Crippen LogP contribution in [0.15, 0.2) is 0 Å². The Hall–Kier alpha value is 6.24. The van der Waals surface area contributed by atoms with Gasteiger partial charge in [-0.2, -0.15) is 0 Å². The first kappa shape index (κ1) is 53.3. The fraction of sp³-hybridized carbons (Fsp3) is 0. The third kappa shape index (κ3) is 84.6. The van der Waals surface area contributed by atoms with Gasteiger partial charge in [0.2, 0.25) is 0 Å². The zero-order chi connectivity index (χ0) is 6.00. The van der Waals surface area contributed by atoms with E-state index in [9.17, 15) is 0 Å². The molecule has 0 amide bonds. The third-order valence-electron chi connectivity index (χ3n) is 0. The maximum Gasteiger partial charge on any atom is 1.00 e. The van der Waals surface area contributed by atoms with Crippen molar-refractivity contribution in [1.29, 1.82) is 0 Å². The van der Waals surface area contributed by atoms with E-state index < -0.39 is 0 Å². The van der Waals surface area contributed by atoms with Crippen molar-refractivity contribution in [3.05, 3.63) is 0 Å². The monoisotopic (exact) mass is 274 g/mol. The summed E-state index contributed by atoms with van der Waals surface area (Å²) in [7, 11) is 0. The first-order chi connectivity index (χ1) is 3.00. The van der Waals surface area contributed by atoms with Crippen LogP contribution in [0.5, 0.6) is 0 Å². The maximum atomic E-state index is 7.25. The summed E-state index contributed by atoms with van der Waals surface area (Å²) in [5.74, 6) is 0. The molecule has 0 atom stereocenters.